The van der Waals surface area contributed by atoms with E-state index < -0.39 is 11.9 Å². The lowest BCUT2D eigenvalue weighted by atomic mass is 9.95. The van der Waals surface area contributed by atoms with E-state index in [1.165, 1.54) is 18.2 Å². The minimum atomic E-state index is -0.817. The Morgan fingerprint density at radius 2 is 2.25 bits per heavy atom. The van der Waals surface area contributed by atoms with E-state index >= 15 is 0 Å². The zero-order chi connectivity index (χ0) is 11.7. The van der Waals surface area contributed by atoms with Crippen LogP contribution in [0.1, 0.15) is 18.4 Å². The fraction of sp³-hybridized carbons (Fsp3) is 0.417. The van der Waals surface area contributed by atoms with Crippen LogP contribution in [0.4, 0.5) is 4.39 Å². The molecule has 1 saturated carbocycles. The normalized spacial score (nSPS) is 17.1. The summed E-state index contributed by atoms with van der Waals surface area (Å²) in [5.74, 6) is -1.39. The highest BCUT2D eigenvalue weighted by molar-refractivity contribution is 6.31. The minimum absolute atomic E-state index is 0.233. The Balaban J connectivity index is 2.17. The molecule has 2 nitrogen and oxygen atoms in total. The molecule has 1 fully saturated rings. The lowest BCUT2D eigenvalue weighted by molar-refractivity contribution is -0.142. The second-order valence-electron chi connectivity index (χ2n) is 4.22. The van der Waals surface area contributed by atoms with Crippen LogP contribution in [0.25, 0.3) is 0 Å². The summed E-state index contributed by atoms with van der Waals surface area (Å²) in [6, 6.07) is 4.07. The molecule has 2 rings (SSSR count). The lowest BCUT2D eigenvalue weighted by Gasteiger charge is -2.12. The molecular formula is C12H12ClFO2. The molecule has 86 valence electrons. The van der Waals surface area contributed by atoms with Crippen LogP contribution in [0.2, 0.25) is 5.02 Å². The summed E-state index contributed by atoms with van der Waals surface area (Å²) in [5.41, 5.74) is 0.584. The van der Waals surface area contributed by atoms with E-state index in [2.05, 4.69) is 0 Å². The molecule has 0 bridgehead atoms. The van der Waals surface area contributed by atoms with Gasteiger partial charge in [0.25, 0.3) is 0 Å². The van der Waals surface area contributed by atoms with Gasteiger partial charge in [-0.25, -0.2) is 4.39 Å². The predicted molar refractivity (Wildman–Crippen MR) is 59.0 cm³/mol. The molecule has 0 spiro atoms. The molecule has 0 heterocycles. The van der Waals surface area contributed by atoms with Crippen molar-refractivity contribution < 1.29 is 14.3 Å². The second-order valence-corrected chi connectivity index (χ2v) is 4.63. The quantitative estimate of drug-likeness (QED) is 0.881. The first kappa shape index (κ1) is 11.4. The number of rotatable bonds is 4. The van der Waals surface area contributed by atoms with E-state index in [-0.39, 0.29) is 11.7 Å². The average Bonchev–Trinajstić information content (AvgIpc) is 3.02. The maximum atomic E-state index is 13.0. The van der Waals surface area contributed by atoms with Crippen molar-refractivity contribution in [3.63, 3.8) is 0 Å². The molecule has 1 aliphatic carbocycles. The standard InChI is InChI=1S/C12H12ClFO2/c13-11-4-3-9(14)5-8(11)6-10(12(15)16)7-1-2-7/h3-5,7,10H,1-2,6H2,(H,15,16). The molecule has 1 aromatic rings. The summed E-state index contributed by atoms with van der Waals surface area (Å²) < 4.78 is 13.0. The number of hydrogen-bond acceptors (Lipinski definition) is 1. The van der Waals surface area contributed by atoms with E-state index in [4.69, 9.17) is 16.7 Å². The largest absolute Gasteiger partial charge is 0.481 e. The van der Waals surface area contributed by atoms with Gasteiger partial charge in [0.15, 0.2) is 0 Å². The maximum absolute atomic E-state index is 13.0. The van der Waals surface area contributed by atoms with Crippen molar-refractivity contribution in [1.82, 2.24) is 0 Å². The number of halogens is 2. The number of hydrogen-bond donors (Lipinski definition) is 1. The number of carboxylic acids is 1. The number of carboxylic acid groups (broad SMARTS) is 1. The van der Waals surface area contributed by atoms with Crippen molar-refractivity contribution in [1.29, 1.82) is 0 Å². The number of aliphatic carboxylic acids is 1. The topological polar surface area (TPSA) is 37.3 Å². The van der Waals surface area contributed by atoms with Gasteiger partial charge in [-0.05, 0) is 48.9 Å². The lowest BCUT2D eigenvalue weighted by Crippen LogP contribution is -2.18. The van der Waals surface area contributed by atoms with Gasteiger partial charge in [0.1, 0.15) is 5.82 Å². The maximum Gasteiger partial charge on any atom is 0.307 e. The van der Waals surface area contributed by atoms with Gasteiger partial charge in [-0.15, -0.1) is 0 Å². The van der Waals surface area contributed by atoms with Crippen LogP contribution in [0, 0.1) is 17.7 Å². The summed E-state index contributed by atoms with van der Waals surface area (Å²) in [7, 11) is 0. The van der Waals surface area contributed by atoms with Gasteiger partial charge in [0.2, 0.25) is 0 Å². The summed E-state index contributed by atoms with van der Waals surface area (Å²) in [6.45, 7) is 0. The van der Waals surface area contributed by atoms with Crippen molar-refractivity contribution >= 4 is 17.6 Å². The van der Waals surface area contributed by atoms with Crippen LogP contribution < -0.4 is 0 Å². The fourth-order valence-corrected chi connectivity index (χ4v) is 2.09. The Bertz CT molecular complexity index is 415. The average molecular weight is 243 g/mol. The zero-order valence-corrected chi connectivity index (χ0v) is 9.38. The van der Waals surface area contributed by atoms with Gasteiger partial charge in [-0.3, -0.25) is 4.79 Å². The van der Waals surface area contributed by atoms with Gasteiger partial charge >= 0.3 is 5.97 Å². The monoisotopic (exact) mass is 242 g/mol. The van der Waals surface area contributed by atoms with Gasteiger partial charge < -0.3 is 5.11 Å². The van der Waals surface area contributed by atoms with E-state index in [1.54, 1.807) is 0 Å². The smallest absolute Gasteiger partial charge is 0.307 e. The molecule has 0 amide bonds. The Morgan fingerprint density at radius 3 is 2.81 bits per heavy atom. The molecule has 0 aliphatic heterocycles. The highest BCUT2D eigenvalue weighted by Crippen LogP contribution is 2.39. The van der Waals surface area contributed by atoms with Crippen LogP contribution >= 0.6 is 11.6 Å². The van der Waals surface area contributed by atoms with Crippen molar-refractivity contribution in [3.05, 3.63) is 34.6 Å². The fourth-order valence-electron chi connectivity index (χ4n) is 1.89. The molecule has 1 atom stereocenters. The molecule has 1 aliphatic rings. The Morgan fingerprint density at radius 1 is 1.56 bits per heavy atom. The van der Waals surface area contributed by atoms with Crippen molar-refractivity contribution in [2.75, 3.05) is 0 Å². The van der Waals surface area contributed by atoms with Crippen LogP contribution in [0.3, 0.4) is 0 Å². The first-order valence-electron chi connectivity index (χ1n) is 5.24. The first-order chi connectivity index (χ1) is 7.58. The van der Waals surface area contributed by atoms with Gasteiger partial charge in [0.05, 0.1) is 5.92 Å². The zero-order valence-electron chi connectivity index (χ0n) is 8.62. The summed E-state index contributed by atoms with van der Waals surface area (Å²) >= 11 is 5.91. The molecule has 4 heteroatoms. The molecule has 1 unspecified atom stereocenters. The summed E-state index contributed by atoms with van der Waals surface area (Å²) in [4.78, 5) is 11.0. The van der Waals surface area contributed by atoms with Crippen LogP contribution in [-0.4, -0.2) is 11.1 Å². The number of benzene rings is 1. The highest BCUT2D eigenvalue weighted by atomic mass is 35.5. The third kappa shape index (κ3) is 2.53. The molecular weight excluding hydrogens is 231 g/mol. The molecule has 0 saturated heterocycles. The Labute approximate surface area is 98.0 Å². The molecule has 1 N–H and O–H groups in total. The summed E-state index contributed by atoms with van der Waals surface area (Å²) in [5, 5.41) is 9.51. The van der Waals surface area contributed by atoms with Gasteiger partial charge in [0, 0.05) is 5.02 Å². The Hall–Kier alpha value is -1.09. The van der Waals surface area contributed by atoms with Crippen LogP contribution in [0.5, 0.6) is 0 Å². The van der Waals surface area contributed by atoms with E-state index in [9.17, 15) is 9.18 Å². The highest BCUT2D eigenvalue weighted by Gasteiger charge is 2.36. The predicted octanol–water partition coefficient (Wildman–Crippen LogP) is 3.13. The van der Waals surface area contributed by atoms with E-state index in [0.29, 0.717) is 17.0 Å². The third-order valence-electron chi connectivity index (χ3n) is 2.96. The minimum Gasteiger partial charge on any atom is -0.481 e. The SMILES string of the molecule is O=C(O)C(Cc1cc(F)ccc1Cl)C1CC1. The summed E-state index contributed by atoms with van der Waals surface area (Å²) in [6.07, 6.45) is 2.21. The molecule has 1 aromatic carbocycles. The molecule has 0 radical (unpaired) electrons. The Kier molecular flexibility index (Phi) is 3.15. The first-order valence-corrected chi connectivity index (χ1v) is 5.62. The second kappa shape index (κ2) is 4.42. The van der Waals surface area contributed by atoms with E-state index in [0.717, 1.165) is 12.8 Å². The van der Waals surface area contributed by atoms with Gasteiger partial charge in [-0.2, -0.15) is 0 Å². The molecule has 16 heavy (non-hydrogen) atoms. The van der Waals surface area contributed by atoms with Crippen molar-refractivity contribution in [2.24, 2.45) is 11.8 Å². The number of carbonyl (C=O) groups is 1. The van der Waals surface area contributed by atoms with Crippen LogP contribution in [0.15, 0.2) is 18.2 Å². The molecule has 0 aromatic heterocycles. The van der Waals surface area contributed by atoms with E-state index in [1.807, 2.05) is 0 Å². The van der Waals surface area contributed by atoms with Crippen molar-refractivity contribution in [3.8, 4) is 0 Å². The van der Waals surface area contributed by atoms with Crippen molar-refractivity contribution in [2.45, 2.75) is 19.3 Å². The van der Waals surface area contributed by atoms with Gasteiger partial charge in [-0.1, -0.05) is 11.6 Å². The third-order valence-corrected chi connectivity index (χ3v) is 3.32. The van der Waals surface area contributed by atoms with Crippen LogP contribution in [-0.2, 0) is 11.2 Å².